The molecule has 3 aromatic rings. The number of hydrogen-bond acceptors (Lipinski definition) is 3. The number of rotatable bonds is 5. The second-order valence-electron chi connectivity index (χ2n) is 6.27. The zero-order chi connectivity index (χ0) is 17.8. The molecule has 128 valence electrons. The fourth-order valence-electron chi connectivity index (χ4n) is 2.83. The maximum atomic E-state index is 12.4. The van der Waals surface area contributed by atoms with E-state index in [1.165, 1.54) is 0 Å². The number of pyridine rings is 1. The van der Waals surface area contributed by atoms with E-state index in [2.05, 4.69) is 21.5 Å². The normalized spacial score (nSPS) is 12.0. The van der Waals surface area contributed by atoms with Gasteiger partial charge in [0, 0.05) is 41.0 Å². The molecule has 1 atom stereocenters. The van der Waals surface area contributed by atoms with Crippen LogP contribution in [-0.4, -0.2) is 26.7 Å². The zero-order valence-electron chi connectivity index (χ0n) is 14.7. The fraction of sp³-hybridized carbons (Fsp3) is 0.250. The number of carbonyl (C=O) groups excluding carboxylic acids is 1. The average molecular weight is 334 g/mol. The minimum atomic E-state index is -0.0787. The van der Waals surface area contributed by atoms with Crippen molar-refractivity contribution in [2.75, 3.05) is 0 Å². The first kappa shape index (κ1) is 16.9. The van der Waals surface area contributed by atoms with Crippen molar-refractivity contribution in [2.24, 2.45) is 0 Å². The standard InChI is InChI=1S/C20H22N4O/c1-14-5-10-19(16(3)22-14)17-6-8-18(9-7-17)20(25)23-15(2)13-24-12-4-11-21-24/h4-12,15H,13H2,1-3H3,(H,23,25). The Balaban J connectivity index is 1.68. The van der Waals surface area contributed by atoms with Gasteiger partial charge in [0.1, 0.15) is 0 Å². The Labute approximate surface area is 147 Å². The van der Waals surface area contributed by atoms with E-state index in [9.17, 15) is 4.79 Å². The van der Waals surface area contributed by atoms with Crippen LogP contribution in [0.3, 0.4) is 0 Å². The van der Waals surface area contributed by atoms with Crippen LogP contribution in [0.4, 0.5) is 0 Å². The molecule has 2 aromatic heterocycles. The summed E-state index contributed by atoms with van der Waals surface area (Å²) < 4.78 is 1.81. The van der Waals surface area contributed by atoms with Gasteiger partial charge >= 0.3 is 0 Å². The lowest BCUT2D eigenvalue weighted by Gasteiger charge is -2.14. The third kappa shape index (κ3) is 4.12. The van der Waals surface area contributed by atoms with Crippen molar-refractivity contribution in [3.05, 3.63) is 71.8 Å². The van der Waals surface area contributed by atoms with Gasteiger partial charge in [-0.3, -0.25) is 14.5 Å². The summed E-state index contributed by atoms with van der Waals surface area (Å²) in [5, 5.41) is 7.16. The molecule has 0 saturated heterocycles. The maximum Gasteiger partial charge on any atom is 0.251 e. The Morgan fingerprint density at radius 1 is 1.16 bits per heavy atom. The molecular weight excluding hydrogens is 312 g/mol. The van der Waals surface area contributed by atoms with Gasteiger partial charge < -0.3 is 5.32 Å². The average Bonchev–Trinajstić information content (AvgIpc) is 3.08. The van der Waals surface area contributed by atoms with Crippen molar-refractivity contribution in [1.29, 1.82) is 0 Å². The number of nitrogens with one attached hydrogen (secondary N) is 1. The van der Waals surface area contributed by atoms with Crippen LogP contribution >= 0.6 is 0 Å². The molecule has 0 bridgehead atoms. The Morgan fingerprint density at radius 2 is 1.92 bits per heavy atom. The second-order valence-corrected chi connectivity index (χ2v) is 6.27. The summed E-state index contributed by atoms with van der Waals surface area (Å²) in [6, 6.07) is 13.6. The van der Waals surface area contributed by atoms with E-state index >= 15 is 0 Å². The van der Waals surface area contributed by atoms with Gasteiger partial charge in [-0.15, -0.1) is 0 Å². The van der Waals surface area contributed by atoms with Gasteiger partial charge in [-0.1, -0.05) is 18.2 Å². The minimum absolute atomic E-state index is 0.00406. The number of nitrogens with zero attached hydrogens (tertiary/aromatic N) is 3. The van der Waals surface area contributed by atoms with E-state index in [-0.39, 0.29) is 11.9 Å². The number of amides is 1. The number of carbonyl (C=O) groups is 1. The van der Waals surface area contributed by atoms with Gasteiger partial charge in [0.05, 0.1) is 6.54 Å². The van der Waals surface area contributed by atoms with Crippen LogP contribution in [0.25, 0.3) is 11.1 Å². The van der Waals surface area contributed by atoms with E-state index in [4.69, 9.17) is 0 Å². The predicted octanol–water partition coefficient (Wildman–Crippen LogP) is 3.38. The van der Waals surface area contributed by atoms with E-state index in [0.29, 0.717) is 12.1 Å². The number of benzene rings is 1. The van der Waals surface area contributed by atoms with Crippen molar-refractivity contribution in [3.8, 4) is 11.1 Å². The minimum Gasteiger partial charge on any atom is -0.348 e. The highest BCUT2D eigenvalue weighted by molar-refractivity contribution is 5.94. The Kier molecular flexibility index (Phi) is 4.93. The summed E-state index contributed by atoms with van der Waals surface area (Å²) in [5.41, 5.74) is 4.79. The lowest BCUT2D eigenvalue weighted by molar-refractivity contribution is 0.0936. The summed E-state index contributed by atoms with van der Waals surface area (Å²) >= 11 is 0. The topological polar surface area (TPSA) is 59.8 Å². The molecule has 0 aliphatic rings. The van der Waals surface area contributed by atoms with Gasteiger partial charge in [-0.05, 0) is 50.6 Å². The first-order chi connectivity index (χ1) is 12.0. The summed E-state index contributed by atoms with van der Waals surface area (Å²) in [6.07, 6.45) is 3.62. The second kappa shape index (κ2) is 7.30. The molecule has 0 saturated carbocycles. The SMILES string of the molecule is Cc1ccc(-c2ccc(C(=O)NC(C)Cn3cccn3)cc2)c(C)n1. The van der Waals surface area contributed by atoms with E-state index < -0.39 is 0 Å². The monoisotopic (exact) mass is 334 g/mol. The summed E-state index contributed by atoms with van der Waals surface area (Å²) in [6.45, 7) is 6.59. The first-order valence-electron chi connectivity index (χ1n) is 8.36. The van der Waals surface area contributed by atoms with Crippen LogP contribution in [0.1, 0.15) is 28.7 Å². The van der Waals surface area contributed by atoms with Crippen LogP contribution in [0.2, 0.25) is 0 Å². The molecule has 0 radical (unpaired) electrons. The lowest BCUT2D eigenvalue weighted by Crippen LogP contribution is -2.35. The largest absolute Gasteiger partial charge is 0.348 e. The van der Waals surface area contributed by atoms with E-state index in [1.54, 1.807) is 10.9 Å². The molecule has 3 rings (SSSR count). The maximum absolute atomic E-state index is 12.4. The van der Waals surface area contributed by atoms with Crippen LogP contribution < -0.4 is 5.32 Å². The highest BCUT2D eigenvalue weighted by Gasteiger charge is 2.11. The summed E-state index contributed by atoms with van der Waals surface area (Å²) in [7, 11) is 0. The molecule has 5 nitrogen and oxygen atoms in total. The molecule has 1 amide bonds. The van der Waals surface area contributed by atoms with Crippen molar-refractivity contribution >= 4 is 5.91 Å². The quantitative estimate of drug-likeness (QED) is 0.778. The third-order valence-corrected chi connectivity index (χ3v) is 4.08. The molecule has 0 aliphatic carbocycles. The van der Waals surface area contributed by atoms with Crippen LogP contribution in [0.5, 0.6) is 0 Å². The molecular formula is C20H22N4O. The number of aryl methyl sites for hydroxylation is 2. The third-order valence-electron chi connectivity index (χ3n) is 4.08. The molecule has 0 aliphatic heterocycles. The van der Waals surface area contributed by atoms with Gasteiger partial charge in [0.15, 0.2) is 0 Å². The molecule has 0 spiro atoms. The van der Waals surface area contributed by atoms with E-state index in [0.717, 1.165) is 22.5 Å². The van der Waals surface area contributed by atoms with Gasteiger partial charge in [0.2, 0.25) is 0 Å². The van der Waals surface area contributed by atoms with Crippen LogP contribution in [-0.2, 0) is 6.54 Å². The highest BCUT2D eigenvalue weighted by Crippen LogP contribution is 2.22. The smallest absolute Gasteiger partial charge is 0.251 e. The Morgan fingerprint density at radius 3 is 2.56 bits per heavy atom. The molecule has 25 heavy (non-hydrogen) atoms. The molecule has 1 N–H and O–H groups in total. The van der Waals surface area contributed by atoms with Crippen molar-refractivity contribution in [1.82, 2.24) is 20.1 Å². The molecule has 1 unspecified atom stereocenters. The molecule has 0 fully saturated rings. The van der Waals surface area contributed by atoms with Crippen LogP contribution in [0, 0.1) is 13.8 Å². The van der Waals surface area contributed by atoms with Crippen LogP contribution in [0.15, 0.2) is 54.9 Å². The molecule has 5 heteroatoms. The highest BCUT2D eigenvalue weighted by atomic mass is 16.1. The number of aromatic nitrogens is 3. The number of hydrogen-bond donors (Lipinski definition) is 1. The van der Waals surface area contributed by atoms with Crippen molar-refractivity contribution in [3.63, 3.8) is 0 Å². The molecule has 1 aromatic carbocycles. The summed E-state index contributed by atoms with van der Waals surface area (Å²) in [4.78, 5) is 16.9. The fourth-order valence-corrected chi connectivity index (χ4v) is 2.83. The zero-order valence-corrected chi connectivity index (χ0v) is 14.7. The van der Waals surface area contributed by atoms with Gasteiger partial charge in [0.25, 0.3) is 5.91 Å². The predicted molar refractivity (Wildman–Crippen MR) is 98.3 cm³/mol. The van der Waals surface area contributed by atoms with Gasteiger partial charge in [-0.2, -0.15) is 5.10 Å². The van der Waals surface area contributed by atoms with Crippen molar-refractivity contribution < 1.29 is 4.79 Å². The van der Waals surface area contributed by atoms with Gasteiger partial charge in [-0.25, -0.2) is 0 Å². The Hall–Kier alpha value is -2.95. The van der Waals surface area contributed by atoms with E-state index in [1.807, 2.05) is 63.4 Å². The first-order valence-corrected chi connectivity index (χ1v) is 8.36. The summed E-state index contributed by atoms with van der Waals surface area (Å²) in [5.74, 6) is -0.0787. The Bertz CT molecular complexity index is 854. The lowest BCUT2D eigenvalue weighted by atomic mass is 10.0. The molecule has 2 heterocycles. The van der Waals surface area contributed by atoms with Crippen molar-refractivity contribution in [2.45, 2.75) is 33.4 Å².